The van der Waals surface area contributed by atoms with Crippen LogP contribution < -0.4 is 0 Å². The minimum absolute atomic E-state index is 0.754. The highest BCUT2D eigenvalue weighted by atomic mass is 16.3. The Hall–Kier alpha value is -3.01. The monoisotopic (exact) mass is 287 g/mol. The van der Waals surface area contributed by atoms with E-state index < -0.39 is 0 Å². The van der Waals surface area contributed by atoms with E-state index in [1.165, 1.54) is 21.8 Å². The molecule has 5 rings (SSSR count). The van der Waals surface area contributed by atoms with Crippen molar-refractivity contribution < 1.29 is 4.42 Å². The first-order chi connectivity index (χ1) is 10.8. The Morgan fingerprint density at radius 3 is 2.77 bits per heavy atom. The number of furan rings is 1. The second-order valence-electron chi connectivity index (χ2n) is 5.49. The Kier molecular flexibility index (Phi) is 2.12. The Morgan fingerprint density at radius 2 is 1.91 bits per heavy atom. The van der Waals surface area contributed by atoms with Crippen LogP contribution in [0.2, 0.25) is 0 Å². The van der Waals surface area contributed by atoms with Crippen molar-refractivity contribution in [1.82, 2.24) is 14.5 Å². The highest BCUT2D eigenvalue weighted by Gasteiger charge is 2.15. The van der Waals surface area contributed by atoms with Crippen LogP contribution >= 0.6 is 0 Å². The number of H-pyrrole nitrogens is 1. The molecule has 0 unspecified atom stereocenters. The number of aromatic amines is 1. The van der Waals surface area contributed by atoms with Crippen LogP contribution in [-0.2, 0) is 7.05 Å². The van der Waals surface area contributed by atoms with Gasteiger partial charge in [0, 0.05) is 23.3 Å². The second kappa shape index (κ2) is 4.01. The van der Waals surface area contributed by atoms with Crippen LogP contribution in [0.4, 0.5) is 0 Å². The third-order valence-corrected chi connectivity index (χ3v) is 4.28. The Balaban J connectivity index is 1.97. The fourth-order valence-corrected chi connectivity index (χ4v) is 3.25. The van der Waals surface area contributed by atoms with E-state index in [1.807, 2.05) is 12.1 Å². The standard InChI is InChI=1S/C18H13N3O/c1-21-13-6-3-2-5-11(13)16-14(21)9-8-12-17(16)20-18(19-12)15-7-4-10-22-15/h2-10H,1H3,(H,19,20). The van der Waals surface area contributed by atoms with Gasteiger partial charge < -0.3 is 14.0 Å². The molecule has 0 fully saturated rings. The van der Waals surface area contributed by atoms with E-state index in [0.29, 0.717) is 0 Å². The van der Waals surface area contributed by atoms with Gasteiger partial charge in [0.15, 0.2) is 11.6 Å². The fraction of sp³-hybridized carbons (Fsp3) is 0.0556. The molecule has 5 aromatic rings. The summed E-state index contributed by atoms with van der Waals surface area (Å²) < 4.78 is 7.67. The number of hydrogen-bond acceptors (Lipinski definition) is 2. The van der Waals surface area contributed by atoms with Gasteiger partial charge in [-0.15, -0.1) is 0 Å². The van der Waals surface area contributed by atoms with Gasteiger partial charge in [-0.2, -0.15) is 0 Å². The predicted molar refractivity (Wildman–Crippen MR) is 87.8 cm³/mol. The number of fused-ring (bicyclic) bond motifs is 5. The van der Waals surface area contributed by atoms with Crippen LogP contribution in [0.25, 0.3) is 44.4 Å². The summed E-state index contributed by atoms with van der Waals surface area (Å²) in [6.07, 6.45) is 1.66. The predicted octanol–water partition coefficient (Wildman–Crippen LogP) is 4.47. The molecule has 0 spiro atoms. The van der Waals surface area contributed by atoms with Gasteiger partial charge in [-0.3, -0.25) is 0 Å². The van der Waals surface area contributed by atoms with Crippen molar-refractivity contribution in [2.75, 3.05) is 0 Å². The lowest BCUT2D eigenvalue weighted by Gasteiger charge is -1.96. The zero-order chi connectivity index (χ0) is 14.7. The van der Waals surface area contributed by atoms with Crippen LogP contribution in [0.3, 0.4) is 0 Å². The maximum atomic E-state index is 5.45. The summed E-state index contributed by atoms with van der Waals surface area (Å²) in [6.45, 7) is 0. The number of benzene rings is 2. The third-order valence-electron chi connectivity index (χ3n) is 4.28. The van der Waals surface area contributed by atoms with Gasteiger partial charge in [0.2, 0.25) is 0 Å². The van der Waals surface area contributed by atoms with Crippen molar-refractivity contribution in [3.63, 3.8) is 0 Å². The highest BCUT2D eigenvalue weighted by molar-refractivity contribution is 6.19. The number of aryl methyl sites for hydroxylation is 1. The molecule has 0 atom stereocenters. The molecule has 0 amide bonds. The first kappa shape index (κ1) is 11.6. The molecule has 3 heterocycles. The Labute approximate surface area is 126 Å². The molecular weight excluding hydrogens is 274 g/mol. The number of aromatic nitrogens is 3. The van der Waals surface area contributed by atoms with E-state index in [9.17, 15) is 0 Å². The van der Waals surface area contributed by atoms with Crippen molar-refractivity contribution in [2.45, 2.75) is 0 Å². The summed E-state index contributed by atoms with van der Waals surface area (Å²) in [6, 6.07) is 16.4. The number of imidazole rings is 1. The third kappa shape index (κ3) is 1.39. The lowest BCUT2D eigenvalue weighted by atomic mass is 10.1. The summed E-state index contributed by atoms with van der Waals surface area (Å²) in [4.78, 5) is 8.13. The summed E-state index contributed by atoms with van der Waals surface area (Å²) in [5.74, 6) is 1.52. The van der Waals surface area contributed by atoms with Gasteiger partial charge in [-0.05, 0) is 30.3 Å². The zero-order valence-electron chi connectivity index (χ0n) is 12.0. The summed E-state index contributed by atoms with van der Waals surface area (Å²) in [5, 5.41) is 2.41. The first-order valence-electron chi connectivity index (χ1n) is 7.22. The SMILES string of the molecule is Cn1c2ccccc2c2c3nc(-c4ccco4)[nH]c3ccc21. The fourth-order valence-electron chi connectivity index (χ4n) is 3.25. The molecule has 4 heteroatoms. The maximum absolute atomic E-state index is 5.45. The molecule has 2 aromatic carbocycles. The van der Waals surface area contributed by atoms with E-state index >= 15 is 0 Å². The van der Waals surface area contributed by atoms with Crippen LogP contribution in [0, 0.1) is 0 Å². The second-order valence-corrected chi connectivity index (χ2v) is 5.49. The molecule has 22 heavy (non-hydrogen) atoms. The molecule has 0 radical (unpaired) electrons. The summed E-state index contributed by atoms with van der Waals surface area (Å²) in [7, 11) is 2.09. The van der Waals surface area contributed by atoms with E-state index in [0.717, 1.165) is 22.6 Å². The van der Waals surface area contributed by atoms with E-state index in [2.05, 4.69) is 53.0 Å². The minimum atomic E-state index is 0.754. The molecule has 106 valence electrons. The molecular formula is C18H13N3O. The number of rotatable bonds is 1. The van der Waals surface area contributed by atoms with E-state index in [-0.39, 0.29) is 0 Å². The lowest BCUT2D eigenvalue weighted by molar-refractivity contribution is 0.578. The average molecular weight is 287 g/mol. The van der Waals surface area contributed by atoms with Crippen molar-refractivity contribution in [2.24, 2.45) is 7.05 Å². The molecule has 0 aliphatic rings. The Morgan fingerprint density at radius 1 is 1.00 bits per heavy atom. The molecule has 0 saturated heterocycles. The number of para-hydroxylation sites is 1. The van der Waals surface area contributed by atoms with Crippen molar-refractivity contribution in [3.8, 4) is 11.6 Å². The first-order valence-corrected chi connectivity index (χ1v) is 7.22. The van der Waals surface area contributed by atoms with Gasteiger partial charge in [-0.25, -0.2) is 4.98 Å². The molecule has 4 nitrogen and oxygen atoms in total. The van der Waals surface area contributed by atoms with Gasteiger partial charge in [0.25, 0.3) is 0 Å². The molecule has 0 bridgehead atoms. The molecule has 0 aliphatic heterocycles. The molecule has 1 N–H and O–H groups in total. The highest BCUT2D eigenvalue weighted by Crippen LogP contribution is 2.34. The van der Waals surface area contributed by atoms with Crippen LogP contribution in [0.15, 0.2) is 59.2 Å². The zero-order valence-corrected chi connectivity index (χ0v) is 12.0. The number of nitrogens with one attached hydrogen (secondary N) is 1. The van der Waals surface area contributed by atoms with Crippen molar-refractivity contribution in [3.05, 3.63) is 54.8 Å². The quantitative estimate of drug-likeness (QED) is 0.494. The van der Waals surface area contributed by atoms with E-state index in [1.54, 1.807) is 6.26 Å². The van der Waals surface area contributed by atoms with Crippen LogP contribution in [0.1, 0.15) is 0 Å². The largest absolute Gasteiger partial charge is 0.461 e. The molecule has 0 saturated carbocycles. The normalized spacial score (nSPS) is 11.9. The van der Waals surface area contributed by atoms with Crippen molar-refractivity contribution >= 4 is 32.8 Å². The Bertz CT molecular complexity index is 1130. The smallest absolute Gasteiger partial charge is 0.174 e. The maximum Gasteiger partial charge on any atom is 0.174 e. The van der Waals surface area contributed by atoms with Gasteiger partial charge >= 0.3 is 0 Å². The van der Waals surface area contributed by atoms with Gasteiger partial charge in [-0.1, -0.05) is 18.2 Å². The van der Waals surface area contributed by atoms with Gasteiger partial charge in [0.1, 0.15) is 0 Å². The molecule has 3 aromatic heterocycles. The lowest BCUT2D eigenvalue weighted by Crippen LogP contribution is -1.85. The summed E-state index contributed by atoms with van der Waals surface area (Å²) >= 11 is 0. The van der Waals surface area contributed by atoms with Crippen LogP contribution in [-0.4, -0.2) is 14.5 Å². The minimum Gasteiger partial charge on any atom is -0.461 e. The van der Waals surface area contributed by atoms with Crippen molar-refractivity contribution in [1.29, 1.82) is 0 Å². The van der Waals surface area contributed by atoms with Crippen LogP contribution in [0.5, 0.6) is 0 Å². The number of nitrogens with zero attached hydrogens (tertiary/aromatic N) is 2. The van der Waals surface area contributed by atoms with E-state index in [4.69, 9.17) is 9.40 Å². The average Bonchev–Trinajstić information content (AvgIpc) is 3.25. The summed E-state index contributed by atoms with van der Waals surface area (Å²) in [5.41, 5.74) is 4.41. The number of hydrogen-bond donors (Lipinski definition) is 1. The topological polar surface area (TPSA) is 46.8 Å². The molecule has 0 aliphatic carbocycles. The van der Waals surface area contributed by atoms with Gasteiger partial charge in [0.05, 0.1) is 22.8 Å².